The van der Waals surface area contributed by atoms with Gasteiger partial charge in [0.15, 0.2) is 0 Å². The summed E-state index contributed by atoms with van der Waals surface area (Å²) in [6.45, 7) is 0. The highest BCUT2D eigenvalue weighted by molar-refractivity contribution is 6.31. The number of benzene rings is 1. The van der Waals surface area contributed by atoms with Crippen molar-refractivity contribution in [3.63, 3.8) is 0 Å². The van der Waals surface area contributed by atoms with Crippen molar-refractivity contribution in [2.24, 2.45) is 5.73 Å². The van der Waals surface area contributed by atoms with E-state index in [0.717, 1.165) is 19.3 Å². The summed E-state index contributed by atoms with van der Waals surface area (Å²) in [6.07, 6.45) is 8.46. The van der Waals surface area contributed by atoms with Gasteiger partial charge in [0.1, 0.15) is 5.82 Å². The minimum atomic E-state index is -0.254. The second-order valence-corrected chi connectivity index (χ2v) is 5.38. The fourth-order valence-electron chi connectivity index (χ4n) is 2.49. The fourth-order valence-corrected chi connectivity index (χ4v) is 2.73. The molecular weight excluding hydrogens is 249 g/mol. The molecule has 1 atom stereocenters. The molecule has 1 nitrogen and oxygen atoms in total. The zero-order valence-electron chi connectivity index (χ0n) is 10.5. The number of rotatable bonds is 4. The molecule has 1 aromatic rings. The first-order valence-corrected chi connectivity index (χ1v) is 6.91. The van der Waals surface area contributed by atoms with E-state index in [1.807, 2.05) is 0 Å². The molecule has 0 radical (unpaired) electrons. The number of nitrogens with two attached hydrogens (primary N) is 1. The molecule has 98 valence electrons. The van der Waals surface area contributed by atoms with Gasteiger partial charge in [-0.2, -0.15) is 0 Å². The van der Waals surface area contributed by atoms with E-state index in [1.54, 1.807) is 12.1 Å². The molecular formula is C15H19ClFN. The molecule has 0 aromatic heterocycles. The highest BCUT2D eigenvalue weighted by atomic mass is 35.5. The molecule has 0 spiro atoms. The van der Waals surface area contributed by atoms with Crippen molar-refractivity contribution < 1.29 is 4.39 Å². The van der Waals surface area contributed by atoms with Crippen LogP contribution in [-0.2, 0) is 6.42 Å². The molecule has 0 fully saturated rings. The maximum absolute atomic E-state index is 13.6. The molecule has 1 aliphatic rings. The molecule has 0 heterocycles. The Bertz CT molecular complexity index is 422. The smallest absolute Gasteiger partial charge is 0.127 e. The van der Waals surface area contributed by atoms with E-state index in [1.165, 1.54) is 24.5 Å². The lowest BCUT2D eigenvalue weighted by molar-refractivity contribution is 0.570. The van der Waals surface area contributed by atoms with Gasteiger partial charge < -0.3 is 5.73 Å². The third-order valence-electron chi connectivity index (χ3n) is 3.44. The second kappa shape index (κ2) is 6.35. The lowest BCUT2D eigenvalue weighted by Crippen LogP contribution is -2.24. The Morgan fingerprint density at radius 3 is 2.78 bits per heavy atom. The largest absolute Gasteiger partial charge is 0.327 e. The van der Waals surface area contributed by atoms with Crippen LogP contribution in [0.3, 0.4) is 0 Å². The Labute approximate surface area is 113 Å². The predicted octanol–water partition coefficient (Wildman–Crippen LogP) is 4.24. The van der Waals surface area contributed by atoms with Crippen molar-refractivity contribution in [1.29, 1.82) is 0 Å². The Hall–Kier alpha value is -0.860. The highest BCUT2D eigenvalue weighted by Gasteiger charge is 2.14. The Morgan fingerprint density at radius 2 is 2.11 bits per heavy atom. The summed E-state index contributed by atoms with van der Waals surface area (Å²) in [4.78, 5) is 0. The van der Waals surface area contributed by atoms with Gasteiger partial charge in [-0.05, 0) is 50.7 Å². The molecule has 18 heavy (non-hydrogen) atoms. The van der Waals surface area contributed by atoms with E-state index >= 15 is 0 Å². The molecule has 0 saturated carbocycles. The van der Waals surface area contributed by atoms with Crippen molar-refractivity contribution in [3.8, 4) is 0 Å². The molecule has 2 rings (SSSR count). The van der Waals surface area contributed by atoms with Crippen LogP contribution in [0, 0.1) is 5.82 Å². The topological polar surface area (TPSA) is 26.0 Å². The van der Waals surface area contributed by atoms with E-state index in [0.29, 0.717) is 17.0 Å². The third-order valence-corrected chi connectivity index (χ3v) is 3.79. The SMILES string of the molecule is NC(CC1=CCCCC1)Cc1c(F)cccc1Cl. The van der Waals surface area contributed by atoms with Gasteiger partial charge in [-0.3, -0.25) is 0 Å². The van der Waals surface area contributed by atoms with Crippen LogP contribution in [0.15, 0.2) is 29.8 Å². The molecule has 0 aliphatic heterocycles. The zero-order valence-corrected chi connectivity index (χ0v) is 11.2. The first-order valence-electron chi connectivity index (χ1n) is 6.53. The van der Waals surface area contributed by atoms with Gasteiger partial charge in [-0.15, -0.1) is 0 Å². The van der Waals surface area contributed by atoms with Crippen LogP contribution in [0.2, 0.25) is 5.02 Å². The van der Waals surface area contributed by atoms with E-state index in [4.69, 9.17) is 17.3 Å². The van der Waals surface area contributed by atoms with Crippen molar-refractivity contribution in [2.45, 2.75) is 44.6 Å². The van der Waals surface area contributed by atoms with Crippen molar-refractivity contribution >= 4 is 11.6 Å². The number of hydrogen-bond donors (Lipinski definition) is 1. The van der Waals surface area contributed by atoms with E-state index in [2.05, 4.69) is 6.08 Å². The van der Waals surface area contributed by atoms with Gasteiger partial charge in [-0.25, -0.2) is 4.39 Å². The maximum Gasteiger partial charge on any atom is 0.127 e. The van der Waals surface area contributed by atoms with Crippen molar-refractivity contribution in [1.82, 2.24) is 0 Å². The number of allylic oxidation sites excluding steroid dienone is 1. The third kappa shape index (κ3) is 3.56. The molecule has 0 saturated heterocycles. The van der Waals surface area contributed by atoms with E-state index in [-0.39, 0.29) is 11.9 Å². The lowest BCUT2D eigenvalue weighted by atomic mass is 9.92. The van der Waals surface area contributed by atoms with Crippen molar-refractivity contribution in [2.75, 3.05) is 0 Å². The van der Waals surface area contributed by atoms with Crippen molar-refractivity contribution in [3.05, 3.63) is 46.3 Å². The quantitative estimate of drug-likeness (QED) is 0.812. The van der Waals surface area contributed by atoms with Crippen LogP contribution in [-0.4, -0.2) is 6.04 Å². The molecule has 0 amide bonds. The van der Waals surface area contributed by atoms with Gasteiger partial charge in [0.2, 0.25) is 0 Å². The molecule has 0 bridgehead atoms. The Balaban J connectivity index is 1.98. The van der Waals surface area contributed by atoms with Crippen LogP contribution in [0.5, 0.6) is 0 Å². The first kappa shape index (κ1) is 13.6. The summed E-state index contributed by atoms with van der Waals surface area (Å²) in [5.74, 6) is -0.254. The average molecular weight is 268 g/mol. The summed E-state index contributed by atoms with van der Waals surface area (Å²) in [6, 6.07) is 4.72. The van der Waals surface area contributed by atoms with Crippen LogP contribution in [0.1, 0.15) is 37.7 Å². The molecule has 1 aromatic carbocycles. The van der Waals surface area contributed by atoms with Crippen LogP contribution in [0.4, 0.5) is 4.39 Å². The maximum atomic E-state index is 13.6. The lowest BCUT2D eigenvalue weighted by Gasteiger charge is -2.18. The molecule has 1 aliphatic carbocycles. The standard InChI is InChI=1S/C15H19ClFN/c16-14-7-4-8-15(17)13(14)10-12(18)9-11-5-2-1-3-6-11/h4-5,7-8,12H,1-3,6,9-10,18H2. The van der Waals surface area contributed by atoms with Crippen LogP contribution in [0.25, 0.3) is 0 Å². The monoisotopic (exact) mass is 267 g/mol. The van der Waals surface area contributed by atoms with E-state index in [9.17, 15) is 4.39 Å². The Kier molecular flexibility index (Phi) is 4.79. The average Bonchev–Trinajstić information content (AvgIpc) is 2.35. The fraction of sp³-hybridized carbons (Fsp3) is 0.467. The first-order chi connectivity index (χ1) is 8.66. The van der Waals surface area contributed by atoms with Crippen LogP contribution < -0.4 is 5.73 Å². The summed E-state index contributed by atoms with van der Waals surface area (Å²) in [5.41, 5.74) is 8.07. The minimum Gasteiger partial charge on any atom is -0.327 e. The predicted molar refractivity (Wildman–Crippen MR) is 74.3 cm³/mol. The van der Waals surface area contributed by atoms with E-state index < -0.39 is 0 Å². The van der Waals surface area contributed by atoms with Gasteiger partial charge in [0, 0.05) is 16.6 Å². The molecule has 2 N–H and O–H groups in total. The highest BCUT2D eigenvalue weighted by Crippen LogP contribution is 2.24. The normalized spacial score (nSPS) is 17.4. The summed E-state index contributed by atoms with van der Waals surface area (Å²) < 4.78 is 13.6. The summed E-state index contributed by atoms with van der Waals surface area (Å²) >= 11 is 6.01. The second-order valence-electron chi connectivity index (χ2n) is 4.98. The van der Waals surface area contributed by atoms with Crippen LogP contribution >= 0.6 is 11.6 Å². The zero-order chi connectivity index (χ0) is 13.0. The molecule has 3 heteroatoms. The number of hydrogen-bond acceptors (Lipinski definition) is 1. The van der Waals surface area contributed by atoms with Gasteiger partial charge in [-0.1, -0.05) is 29.3 Å². The summed E-state index contributed by atoms with van der Waals surface area (Å²) in [5, 5.41) is 0.475. The van der Waals surface area contributed by atoms with Gasteiger partial charge in [0.05, 0.1) is 0 Å². The minimum absolute atomic E-state index is 0.0521. The Morgan fingerprint density at radius 1 is 1.28 bits per heavy atom. The number of halogens is 2. The molecule has 1 unspecified atom stereocenters. The van der Waals surface area contributed by atoms with Gasteiger partial charge >= 0.3 is 0 Å². The van der Waals surface area contributed by atoms with Gasteiger partial charge in [0.25, 0.3) is 0 Å². The summed E-state index contributed by atoms with van der Waals surface area (Å²) in [7, 11) is 0.